The van der Waals surface area contributed by atoms with Crippen molar-refractivity contribution >= 4 is 11.9 Å². The van der Waals surface area contributed by atoms with Gasteiger partial charge in [-0.15, -0.1) is 0 Å². The summed E-state index contributed by atoms with van der Waals surface area (Å²) >= 11 is 0. The van der Waals surface area contributed by atoms with E-state index in [-0.39, 0.29) is 5.91 Å². The molecule has 0 aliphatic carbocycles. The van der Waals surface area contributed by atoms with Crippen LogP contribution in [-0.4, -0.2) is 44.0 Å². The molecule has 6 nitrogen and oxygen atoms in total. The summed E-state index contributed by atoms with van der Waals surface area (Å²) in [5, 5.41) is 2.98. The normalized spacial score (nSPS) is 11.1. The van der Waals surface area contributed by atoms with Gasteiger partial charge >= 0.3 is 0 Å². The Morgan fingerprint density at radius 3 is 2.62 bits per heavy atom. The van der Waals surface area contributed by atoms with Crippen LogP contribution >= 0.6 is 0 Å². The zero-order valence-corrected chi connectivity index (χ0v) is 10.4. The molecule has 94 valence electrons. The van der Waals surface area contributed by atoms with Gasteiger partial charge in [-0.1, -0.05) is 13.3 Å². The molecule has 0 spiro atoms. The number of hydrogen-bond donors (Lipinski definition) is 3. The Balaban J connectivity index is 3.78. The highest BCUT2D eigenvalue weighted by Crippen LogP contribution is 1.87. The van der Waals surface area contributed by atoms with Crippen LogP contribution in [0.15, 0.2) is 4.99 Å². The van der Waals surface area contributed by atoms with E-state index in [2.05, 4.69) is 22.7 Å². The molecule has 0 saturated heterocycles. The molecule has 16 heavy (non-hydrogen) atoms. The van der Waals surface area contributed by atoms with Crippen molar-refractivity contribution in [2.45, 2.75) is 26.2 Å². The van der Waals surface area contributed by atoms with Gasteiger partial charge in [0.15, 0.2) is 0 Å². The molecule has 0 bridgehead atoms. The number of unbranched alkanes of at least 4 members (excludes halogenated alkanes) is 1. The molecule has 1 amide bonds. The first-order valence-electron chi connectivity index (χ1n) is 5.56. The van der Waals surface area contributed by atoms with Crippen molar-refractivity contribution in [3.63, 3.8) is 0 Å². The van der Waals surface area contributed by atoms with Crippen molar-refractivity contribution in [3.05, 3.63) is 0 Å². The predicted octanol–water partition coefficient (Wildman–Crippen LogP) is -0.326. The molecule has 4 N–H and O–H groups in total. The van der Waals surface area contributed by atoms with E-state index in [4.69, 9.17) is 5.84 Å². The quantitative estimate of drug-likeness (QED) is 0.191. The summed E-state index contributed by atoms with van der Waals surface area (Å²) in [6.07, 6.45) is 2.56. The third-order valence-corrected chi connectivity index (χ3v) is 2.05. The first-order chi connectivity index (χ1) is 7.61. The molecular formula is C10H23N5O. The van der Waals surface area contributed by atoms with Crippen LogP contribution < -0.4 is 16.6 Å². The van der Waals surface area contributed by atoms with Crippen molar-refractivity contribution in [2.75, 3.05) is 27.2 Å². The molecule has 0 aliphatic rings. The van der Waals surface area contributed by atoms with E-state index in [0.717, 1.165) is 19.4 Å². The molecule has 0 unspecified atom stereocenters. The molecular weight excluding hydrogens is 206 g/mol. The highest BCUT2D eigenvalue weighted by molar-refractivity contribution is 5.80. The molecule has 0 aliphatic heterocycles. The van der Waals surface area contributed by atoms with Gasteiger partial charge in [-0.3, -0.25) is 15.2 Å². The molecule has 0 radical (unpaired) electrons. The van der Waals surface area contributed by atoms with Crippen LogP contribution in [0.2, 0.25) is 0 Å². The topological polar surface area (TPSA) is 82.7 Å². The van der Waals surface area contributed by atoms with E-state index in [0.29, 0.717) is 18.9 Å². The third-order valence-electron chi connectivity index (χ3n) is 2.05. The second-order valence-corrected chi connectivity index (χ2v) is 3.69. The van der Waals surface area contributed by atoms with E-state index in [9.17, 15) is 4.79 Å². The van der Waals surface area contributed by atoms with Crippen molar-refractivity contribution in [2.24, 2.45) is 10.8 Å². The minimum atomic E-state index is 0.0810. The van der Waals surface area contributed by atoms with E-state index >= 15 is 0 Å². The van der Waals surface area contributed by atoms with Crippen molar-refractivity contribution in [3.8, 4) is 0 Å². The summed E-state index contributed by atoms with van der Waals surface area (Å²) in [5.41, 5.74) is 2.48. The number of guanidine groups is 1. The van der Waals surface area contributed by atoms with Crippen LogP contribution in [-0.2, 0) is 4.79 Å². The smallest absolute Gasteiger partial charge is 0.223 e. The lowest BCUT2D eigenvalue weighted by atomic mass is 10.3. The maximum Gasteiger partial charge on any atom is 0.223 e. The van der Waals surface area contributed by atoms with Crippen LogP contribution in [0.4, 0.5) is 0 Å². The van der Waals surface area contributed by atoms with Crippen LogP contribution in [0.3, 0.4) is 0 Å². The lowest BCUT2D eigenvalue weighted by Crippen LogP contribution is -2.43. The number of hydrazine groups is 1. The third kappa shape index (κ3) is 7.05. The monoisotopic (exact) mass is 229 g/mol. The fourth-order valence-electron chi connectivity index (χ4n) is 1.01. The van der Waals surface area contributed by atoms with Gasteiger partial charge < -0.3 is 10.2 Å². The Bertz CT molecular complexity index is 227. The lowest BCUT2D eigenvalue weighted by molar-refractivity contribution is -0.128. The molecule has 0 aromatic heterocycles. The number of rotatable bonds is 6. The number of hydrogen-bond acceptors (Lipinski definition) is 3. The Kier molecular flexibility index (Phi) is 8.24. The standard InChI is InChI=1S/C10H23N5O/c1-4-5-7-12-10(14-11)13-8-6-9(16)15(2)3/h4-8,11H2,1-3H3,(H2,12,13,14). The zero-order chi connectivity index (χ0) is 12.4. The number of carbonyl (C=O) groups excluding carboxylic acids is 1. The molecule has 6 heteroatoms. The van der Waals surface area contributed by atoms with Crippen LogP contribution in [0, 0.1) is 0 Å². The summed E-state index contributed by atoms with van der Waals surface area (Å²) < 4.78 is 0. The highest BCUT2D eigenvalue weighted by Gasteiger charge is 2.03. The number of nitrogens with two attached hydrogens (primary N) is 1. The van der Waals surface area contributed by atoms with Gasteiger partial charge in [0.2, 0.25) is 11.9 Å². The van der Waals surface area contributed by atoms with E-state index < -0.39 is 0 Å². The first-order valence-corrected chi connectivity index (χ1v) is 5.56. The van der Waals surface area contributed by atoms with Gasteiger partial charge in [0.05, 0.1) is 0 Å². The lowest BCUT2D eigenvalue weighted by Gasteiger charge is -2.12. The van der Waals surface area contributed by atoms with E-state index in [1.165, 1.54) is 0 Å². The number of nitrogens with one attached hydrogen (secondary N) is 2. The molecule has 0 aromatic rings. The maximum absolute atomic E-state index is 11.3. The maximum atomic E-state index is 11.3. The Morgan fingerprint density at radius 2 is 2.12 bits per heavy atom. The van der Waals surface area contributed by atoms with E-state index in [1.54, 1.807) is 19.0 Å². The summed E-state index contributed by atoms with van der Waals surface area (Å²) in [5.74, 6) is 5.92. The van der Waals surface area contributed by atoms with Crippen LogP contribution in [0.1, 0.15) is 26.2 Å². The molecule has 0 heterocycles. The number of aliphatic imine (C=N–C) groups is 1. The average molecular weight is 229 g/mol. The predicted molar refractivity (Wildman–Crippen MR) is 65.8 cm³/mol. The molecule has 0 aromatic carbocycles. The van der Waals surface area contributed by atoms with Gasteiger partial charge in [-0.05, 0) is 6.42 Å². The summed E-state index contributed by atoms with van der Waals surface area (Å²) in [6.45, 7) is 3.38. The minimum absolute atomic E-state index is 0.0810. The zero-order valence-electron chi connectivity index (χ0n) is 10.4. The van der Waals surface area contributed by atoms with Crippen molar-refractivity contribution in [1.82, 2.24) is 15.6 Å². The minimum Gasteiger partial charge on any atom is -0.355 e. The van der Waals surface area contributed by atoms with Gasteiger partial charge in [-0.2, -0.15) is 0 Å². The van der Waals surface area contributed by atoms with Gasteiger partial charge in [0, 0.05) is 33.6 Å². The molecule has 0 fully saturated rings. The van der Waals surface area contributed by atoms with Crippen molar-refractivity contribution in [1.29, 1.82) is 0 Å². The molecule has 0 atom stereocenters. The summed E-state index contributed by atoms with van der Waals surface area (Å²) in [4.78, 5) is 17.0. The second kappa shape index (κ2) is 8.96. The molecule has 0 rings (SSSR count). The largest absolute Gasteiger partial charge is 0.355 e. The fourth-order valence-corrected chi connectivity index (χ4v) is 1.01. The van der Waals surface area contributed by atoms with Crippen LogP contribution in [0.25, 0.3) is 0 Å². The SMILES string of the molecule is CCCCN=C(NN)NCCC(=O)N(C)C. The van der Waals surface area contributed by atoms with Gasteiger partial charge in [-0.25, -0.2) is 5.84 Å². The van der Waals surface area contributed by atoms with Gasteiger partial charge in [0.25, 0.3) is 0 Å². The van der Waals surface area contributed by atoms with E-state index in [1.807, 2.05) is 0 Å². The number of nitrogens with zero attached hydrogens (tertiary/aromatic N) is 2. The Hall–Kier alpha value is -1.30. The Labute approximate surface area is 97.3 Å². The Morgan fingerprint density at radius 1 is 1.44 bits per heavy atom. The number of carbonyl (C=O) groups is 1. The second-order valence-electron chi connectivity index (χ2n) is 3.69. The van der Waals surface area contributed by atoms with Crippen molar-refractivity contribution < 1.29 is 4.79 Å². The van der Waals surface area contributed by atoms with Crippen LogP contribution in [0.5, 0.6) is 0 Å². The molecule has 0 saturated carbocycles. The van der Waals surface area contributed by atoms with Gasteiger partial charge in [0.1, 0.15) is 0 Å². The average Bonchev–Trinajstić information content (AvgIpc) is 2.26. The fraction of sp³-hybridized carbons (Fsp3) is 0.800. The number of amides is 1. The summed E-state index contributed by atoms with van der Waals surface area (Å²) in [7, 11) is 3.47. The first kappa shape index (κ1) is 14.7. The highest BCUT2D eigenvalue weighted by atomic mass is 16.2. The summed E-state index contributed by atoms with van der Waals surface area (Å²) in [6, 6.07) is 0.